The van der Waals surface area contributed by atoms with Crippen LogP contribution in [-0.4, -0.2) is 12.6 Å². The molecule has 2 nitrogen and oxygen atoms in total. The average molecular weight is 218 g/mol. The number of hydrogen-bond donors (Lipinski definition) is 0. The first-order valence-electron chi connectivity index (χ1n) is 6.75. The van der Waals surface area contributed by atoms with Crippen LogP contribution in [-0.2, 0) is 9.59 Å². The van der Waals surface area contributed by atoms with Crippen LogP contribution in [0.5, 0.6) is 0 Å². The maximum absolute atomic E-state index is 11.2. The molecule has 0 heterocycles. The molecule has 0 radical (unpaired) electrons. The van der Waals surface area contributed by atoms with E-state index in [9.17, 15) is 9.59 Å². The zero-order valence-electron chi connectivity index (χ0n) is 9.42. The Hall–Kier alpha value is -0.660. The predicted octanol–water partition coefficient (Wildman–Crippen LogP) is 1.93. The molecular weight excluding hydrogens is 200 g/mol. The maximum Gasteiger partial charge on any atom is 0.124 e. The van der Waals surface area contributed by atoms with Gasteiger partial charge in [-0.15, -0.1) is 0 Å². The lowest BCUT2D eigenvalue weighted by Crippen LogP contribution is -2.39. The first kappa shape index (κ1) is 9.38. The number of carbonyl (C=O) groups excluding carboxylic acids is 2. The Morgan fingerprint density at radius 2 is 1.25 bits per heavy atom. The second-order valence-corrected chi connectivity index (χ2v) is 6.48. The molecule has 4 saturated carbocycles. The summed E-state index contributed by atoms with van der Waals surface area (Å²) < 4.78 is 0. The zero-order chi connectivity index (χ0) is 10.9. The van der Waals surface area contributed by atoms with Crippen molar-refractivity contribution in [2.75, 3.05) is 0 Å². The number of hydrogen-bond acceptors (Lipinski definition) is 2. The van der Waals surface area contributed by atoms with Crippen LogP contribution in [0, 0.1) is 47.3 Å². The van der Waals surface area contributed by atoms with Crippen LogP contribution < -0.4 is 0 Å². The van der Waals surface area contributed by atoms with Crippen molar-refractivity contribution in [1.29, 1.82) is 0 Å². The molecule has 8 atom stereocenters. The highest BCUT2D eigenvalue weighted by Crippen LogP contribution is 2.69. The van der Waals surface area contributed by atoms with E-state index in [0.29, 0.717) is 11.8 Å². The van der Waals surface area contributed by atoms with Gasteiger partial charge in [0, 0.05) is 11.8 Å². The molecule has 86 valence electrons. The van der Waals surface area contributed by atoms with Gasteiger partial charge >= 0.3 is 0 Å². The summed E-state index contributed by atoms with van der Waals surface area (Å²) in [6.07, 6.45) is 7.55. The van der Waals surface area contributed by atoms with Gasteiger partial charge in [-0.2, -0.15) is 0 Å². The molecular formula is C14H18O2. The van der Waals surface area contributed by atoms with Crippen LogP contribution in [0.3, 0.4) is 0 Å². The second kappa shape index (κ2) is 2.96. The van der Waals surface area contributed by atoms with Gasteiger partial charge in [0.1, 0.15) is 12.6 Å². The fourth-order valence-corrected chi connectivity index (χ4v) is 6.06. The Morgan fingerprint density at radius 3 is 1.69 bits per heavy atom. The molecule has 0 N–H and O–H groups in total. The minimum Gasteiger partial charge on any atom is -0.303 e. The summed E-state index contributed by atoms with van der Waals surface area (Å²) in [6, 6.07) is 0. The van der Waals surface area contributed by atoms with Crippen molar-refractivity contribution in [3.8, 4) is 0 Å². The maximum atomic E-state index is 11.2. The monoisotopic (exact) mass is 218 g/mol. The van der Waals surface area contributed by atoms with Gasteiger partial charge in [0.05, 0.1) is 0 Å². The lowest BCUT2D eigenvalue weighted by atomic mass is 9.64. The average Bonchev–Trinajstić information content (AvgIpc) is 3.03. The third-order valence-corrected chi connectivity index (χ3v) is 6.33. The number of rotatable bonds is 2. The molecule has 0 saturated heterocycles. The third-order valence-electron chi connectivity index (χ3n) is 6.33. The van der Waals surface area contributed by atoms with Crippen molar-refractivity contribution in [2.45, 2.75) is 25.7 Å². The summed E-state index contributed by atoms with van der Waals surface area (Å²) in [5, 5.41) is 0. The summed E-state index contributed by atoms with van der Waals surface area (Å²) in [7, 11) is 0. The van der Waals surface area contributed by atoms with Crippen LogP contribution in [0.4, 0.5) is 0 Å². The second-order valence-electron chi connectivity index (χ2n) is 6.48. The molecule has 4 bridgehead atoms. The topological polar surface area (TPSA) is 34.1 Å². The van der Waals surface area contributed by atoms with Crippen molar-refractivity contribution in [1.82, 2.24) is 0 Å². The molecule has 0 spiro atoms. The van der Waals surface area contributed by atoms with Gasteiger partial charge in [0.15, 0.2) is 0 Å². The SMILES string of the molecule is O=CC1C(C=O)C2CC1C1C3CCC(C3)C21. The molecule has 0 aliphatic heterocycles. The normalized spacial score (nSPS) is 61.2. The van der Waals surface area contributed by atoms with Crippen LogP contribution >= 0.6 is 0 Å². The van der Waals surface area contributed by atoms with Gasteiger partial charge < -0.3 is 9.59 Å². The molecule has 0 aromatic rings. The quantitative estimate of drug-likeness (QED) is 0.524. The number of aldehydes is 2. The molecule has 4 fully saturated rings. The predicted molar refractivity (Wildman–Crippen MR) is 58.5 cm³/mol. The Labute approximate surface area is 95.8 Å². The van der Waals surface area contributed by atoms with Crippen molar-refractivity contribution < 1.29 is 9.59 Å². The van der Waals surface area contributed by atoms with Gasteiger partial charge in [0.25, 0.3) is 0 Å². The van der Waals surface area contributed by atoms with E-state index in [1.807, 2.05) is 0 Å². The van der Waals surface area contributed by atoms with Crippen molar-refractivity contribution in [3.63, 3.8) is 0 Å². The van der Waals surface area contributed by atoms with E-state index in [2.05, 4.69) is 0 Å². The standard InChI is InChI=1S/C14H18O2/c15-5-11-9-4-10(12(11)6-16)14-8-2-1-7(3-8)13(9)14/h5-14H,1-4H2. The van der Waals surface area contributed by atoms with E-state index in [4.69, 9.17) is 0 Å². The Morgan fingerprint density at radius 1 is 0.750 bits per heavy atom. The van der Waals surface area contributed by atoms with E-state index in [-0.39, 0.29) is 11.8 Å². The number of carbonyl (C=O) groups is 2. The zero-order valence-corrected chi connectivity index (χ0v) is 9.42. The summed E-state index contributed by atoms with van der Waals surface area (Å²) >= 11 is 0. The highest BCUT2D eigenvalue weighted by molar-refractivity contribution is 5.67. The first-order chi connectivity index (χ1) is 7.85. The molecule has 4 rings (SSSR count). The lowest BCUT2D eigenvalue weighted by molar-refractivity contribution is -0.124. The molecule has 16 heavy (non-hydrogen) atoms. The Kier molecular flexibility index (Phi) is 1.74. The molecule has 0 amide bonds. The van der Waals surface area contributed by atoms with Gasteiger partial charge in [0.2, 0.25) is 0 Å². The van der Waals surface area contributed by atoms with Gasteiger partial charge in [-0.25, -0.2) is 0 Å². The van der Waals surface area contributed by atoms with Gasteiger partial charge in [-0.05, 0) is 61.2 Å². The van der Waals surface area contributed by atoms with E-state index in [0.717, 1.165) is 36.2 Å². The van der Waals surface area contributed by atoms with Crippen LogP contribution in [0.25, 0.3) is 0 Å². The van der Waals surface area contributed by atoms with E-state index >= 15 is 0 Å². The van der Waals surface area contributed by atoms with Crippen molar-refractivity contribution in [3.05, 3.63) is 0 Å². The van der Waals surface area contributed by atoms with Crippen LogP contribution in [0.2, 0.25) is 0 Å². The highest BCUT2D eigenvalue weighted by Gasteiger charge is 2.65. The molecule has 4 aliphatic rings. The van der Waals surface area contributed by atoms with E-state index < -0.39 is 0 Å². The number of fused-ring (bicyclic) bond motifs is 9. The van der Waals surface area contributed by atoms with Crippen molar-refractivity contribution >= 4 is 12.6 Å². The fourth-order valence-electron chi connectivity index (χ4n) is 6.06. The minimum atomic E-state index is 0.0723. The minimum absolute atomic E-state index is 0.0723. The lowest BCUT2D eigenvalue weighted by Gasteiger charge is -2.39. The third kappa shape index (κ3) is 0.869. The summed E-state index contributed by atoms with van der Waals surface area (Å²) in [5.41, 5.74) is 0. The van der Waals surface area contributed by atoms with Crippen molar-refractivity contribution in [2.24, 2.45) is 47.3 Å². The smallest absolute Gasteiger partial charge is 0.124 e. The highest BCUT2D eigenvalue weighted by atomic mass is 16.1. The summed E-state index contributed by atoms with van der Waals surface area (Å²) in [5.74, 6) is 4.72. The molecule has 8 unspecified atom stereocenters. The Balaban J connectivity index is 1.73. The molecule has 0 aromatic carbocycles. The molecule has 4 aliphatic carbocycles. The largest absolute Gasteiger partial charge is 0.303 e. The van der Waals surface area contributed by atoms with Crippen LogP contribution in [0.15, 0.2) is 0 Å². The van der Waals surface area contributed by atoms with E-state index in [1.54, 1.807) is 0 Å². The molecule has 2 heteroatoms. The Bertz CT molecular complexity index is 319. The molecule has 0 aromatic heterocycles. The summed E-state index contributed by atoms with van der Waals surface area (Å²) in [4.78, 5) is 22.4. The van der Waals surface area contributed by atoms with Gasteiger partial charge in [-0.3, -0.25) is 0 Å². The van der Waals surface area contributed by atoms with Crippen LogP contribution in [0.1, 0.15) is 25.7 Å². The fraction of sp³-hybridized carbons (Fsp3) is 0.857. The first-order valence-corrected chi connectivity index (χ1v) is 6.75. The summed E-state index contributed by atoms with van der Waals surface area (Å²) in [6.45, 7) is 0. The van der Waals surface area contributed by atoms with Gasteiger partial charge in [-0.1, -0.05) is 0 Å². The van der Waals surface area contributed by atoms with E-state index in [1.165, 1.54) is 25.7 Å².